The van der Waals surface area contributed by atoms with Crippen molar-refractivity contribution < 1.29 is 24.5 Å². The summed E-state index contributed by atoms with van der Waals surface area (Å²) >= 11 is 0. The molecule has 1 heterocycles. The Labute approximate surface area is 114 Å². The smallest absolute Gasteiger partial charge is 0.221 e. The Kier molecular flexibility index (Phi) is 8.11. The van der Waals surface area contributed by atoms with Gasteiger partial charge in [-0.2, -0.15) is 4.99 Å². The lowest BCUT2D eigenvalue weighted by Crippen LogP contribution is -2.41. The van der Waals surface area contributed by atoms with Gasteiger partial charge in [-0.05, 0) is 12.2 Å². The van der Waals surface area contributed by atoms with Crippen LogP contribution in [0.4, 0.5) is 0 Å². The summed E-state index contributed by atoms with van der Waals surface area (Å²) < 4.78 is 5.11. The molecule has 0 aromatic carbocycles. The van der Waals surface area contributed by atoms with Crippen molar-refractivity contribution in [3.05, 3.63) is 12.2 Å². The first-order valence-electron chi connectivity index (χ1n) is 5.44. The molecule has 1 aliphatic heterocycles. The number of aliphatic imine (C=N–C) groups is 1. The minimum atomic E-state index is -1.55. The van der Waals surface area contributed by atoms with E-state index in [0.717, 1.165) is 0 Å². The van der Waals surface area contributed by atoms with E-state index in [-0.39, 0.29) is 11.9 Å². The van der Waals surface area contributed by atoms with Crippen LogP contribution < -0.4 is 21.7 Å². The van der Waals surface area contributed by atoms with Gasteiger partial charge in [-0.3, -0.25) is 5.41 Å². The second kappa shape index (κ2) is 9.33. The molecule has 0 atom stereocenters. The Morgan fingerprint density at radius 1 is 1.15 bits per heavy atom. The summed E-state index contributed by atoms with van der Waals surface area (Å²) in [5.74, 6) is -3.06. The number of carbonyl (C=O) groups is 2. The van der Waals surface area contributed by atoms with E-state index in [1.165, 1.54) is 0 Å². The molecule has 5 N–H and O–H groups in total. The fraction of sp³-hybridized carbons (Fsp3) is 0.400. The van der Waals surface area contributed by atoms with Gasteiger partial charge >= 0.3 is 0 Å². The number of carboxylic acids is 2. The summed E-state index contributed by atoms with van der Waals surface area (Å²) in [6.07, 6.45) is 0.769. The number of nitrogens with zero attached hydrogens (tertiary/aromatic N) is 2. The third-order valence-corrected chi connectivity index (χ3v) is 1.90. The van der Waals surface area contributed by atoms with E-state index in [9.17, 15) is 19.8 Å². The minimum absolute atomic E-state index is 0.0773. The van der Waals surface area contributed by atoms with Crippen LogP contribution >= 0.6 is 0 Å². The number of ether oxygens (including phenoxy) is 1. The van der Waals surface area contributed by atoms with Gasteiger partial charge in [0, 0.05) is 13.1 Å². The summed E-state index contributed by atoms with van der Waals surface area (Å²) in [5.41, 5.74) is 10.3. The van der Waals surface area contributed by atoms with Gasteiger partial charge in [0.2, 0.25) is 5.96 Å². The van der Waals surface area contributed by atoms with Gasteiger partial charge in [-0.25, -0.2) is 0 Å². The first kappa shape index (κ1) is 17.4. The molecule has 10 nitrogen and oxygen atoms in total. The van der Waals surface area contributed by atoms with Gasteiger partial charge < -0.3 is 40.9 Å². The van der Waals surface area contributed by atoms with Crippen LogP contribution in [0.3, 0.4) is 0 Å². The van der Waals surface area contributed by atoms with Crippen LogP contribution in [0.5, 0.6) is 0 Å². The Morgan fingerprint density at radius 3 is 1.95 bits per heavy atom. The van der Waals surface area contributed by atoms with E-state index < -0.39 is 11.9 Å². The van der Waals surface area contributed by atoms with Crippen LogP contribution in [0, 0.1) is 5.41 Å². The number of hydrogen-bond donors (Lipinski definition) is 3. The Balaban J connectivity index is 0.000000396. The molecule has 0 unspecified atom stereocenters. The largest absolute Gasteiger partial charge is 0.545 e. The summed E-state index contributed by atoms with van der Waals surface area (Å²) in [6, 6.07) is 0. The van der Waals surface area contributed by atoms with Gasteiger partial charge in [-0.1, -0.05) is 0 Å². The Hall–Kier alpha value is -2.62. The normalized spacial score (nSPS) is 14.1. The molecule has 1 rings (SSSR count). The van der Waals surface area contributed by atoms with Crippen molar-refractivity contribution in [1.82, 2.24) is 4.90 Å². The molecule has 0 bridgehead atoms. The highest BCUT2D eigenvalue weighted by molar-refractivity contribution is 5.91. The molecule has 0 amide bonds. The van der Waals surface area contributed by atoms with Gasteiger partial charge in [0.15, 0.2) is 5.96 Å². The molecular weight excluding hydrogens is 270 g/mol. The SMILES string of the molecule is N=C(N=C(N)N)N1CCOCC1.O=C([O-])/C=C\C(=O)[O-]. The van der Waals surface area contributed by atoms with Gasteiger partial charge in [-0.15, -0.1) is 0 Å². The van der Waals surface area contributed by atoms with E-state index in [2.05, 4.69) is 4.99 Å². The molecule has 1 saturated heterocycles. The van der Waals surface area contributed by atoms with E-state index >= 15 is 0 Å². The second-order valence-electron chi connectivity index (χ2n) is 3.43. The molecule has 0 saturated carbocycles. The first-order chi connectivity index (χ1) is 9.32. The van der Waals surface area contributed by atoms with Gasteiger partial charge in [0.25, 0.3) is 0 Å². The molecule has 0 aliphatic carbocycles. The number of hydrogen-bond acceptors (Lipinski definition) is 6. The molecule has 1 aliphatic rings. The summed E-state index contributed by atoms with van der Waals surface area (Å²) in [6.45, 7) is 2.61. The maximum Gasteiger partial charge on any atom is 0.221 e. The lowest BCUT2D eigenvalue weighted by atomic mass is 10.4. The summed E-state index contributed by atoms with van der Waals surface area (Å²) in [5, 5.41) is 26.3. The maximum atomic E-state index is 9.41. The zero-order valence-corrected chi connectivity index (χ0v) is 10.6. The predicted molar refractivity (Wildman–Crippen MR) is 65.1 cm³/mol. The zero-order chi connectivity index (χ0) is 15.5. The minimum Gasteiger partial charge on any atom is -0.545 e. The van der Waals surface area contributed by atoms with Crippen LogP contribution in [-0.4, -0.2) is 55.1 Å². The van der Waals surface area contributed by atoms with Crippen molar-refractivity contribution in [3.8, 4) is 0 Å². The standard InChI is InChI=1S/C6H13N5O.C4H4O4/c7-5(8)10-6(9)11-1-3-12-4-2-11;5-3(6)1-2-4(7)8/h1-4H2,(H5,7,8,9,10);1-2H,(H,5,6)(H,7,8)/p-2/b;2-1-. The van der Waals surface area contributed by atoms with Crippen molar-refractivity contribution in [2.24, 2.45) is 16.5 Å². The van der Waals surface area contributed by atoms with Crippen LogP contribution in [0.1, 0.15) is 0 Å². The third-order valence-electron chi connectivity index (χ3n) is 1.90. The topological polar surface area (TPSA) is 181 Å². The van der Waals surface area contributed by atoms with E-state index in [1.54, 1.807) is 4.90 Å². The molecule has 0 radical (unpaired) electrons. The predicted octanol–water partition coefficient (Wildman–Crippen LogP) is -4.43. The highest BCUT2D eigenvalue weighted by Crippen LogP contribution is 1.97. The molecule has 10 heteroatoms. The van der Waals surface area contributed by atoms with Crippen molar-refractivity contribution in [1.29, 1.82) is 5.41 Å². The van der Waals surface area contributed by atoms with E-state index in [4.69, 9.17) is 21.6 Å². The molecular formula is C10H15N5O5-2. The number of aliphatic carboxylic acids is 2. The van der Waals surface area contributed by atoms with Gasteiger partial charge in [0.05, 0.1) is 25.2 Å². The monoisotopic (exact) mass is 285 g/mol. The number of carbonyl (C=O) groups excluding carboxylic acids is 2. The average molecular weight is 285 g/mol. The number of rotatable bonds is 2. The maximum absolute atomic E-state index is 9.41. The zero-order valence-electron chi connectivity index (χ0n) is 10.6. The fourth-order valence-corrected chi connectivity index (χ4v) is 1.10. The summed E-state index contributed by atoms with van der Waals surface area (Å²) in [7, 11) is 0. The first-order valence-corrected chi connectivity index (χ1v) is 5.44. The third kappa shape index (κ3) is 9.41. The van der Waals surface area contributed by atoms with Crippen molar-refractivity contribution in [2.45, 2.75) is 0 Å². The number of nitrogens with one attached hydrogen (secondary N) is 1. The highest BCUT2D eigenvalue weighted by atomic mass is 16.5. The Morgan fingerprint density at radius 2 is 1.60 bits per heavy atom. The lowest BCUT2D eigenvalue weighted by molar-refractivity contribution is -0.301. The molecule has 112 valence electrons. The van der Waals surface area contributed by atoms with E-state index in [1.807, 2.05) is 0 Å². The quantitative estimate of drug-likeness (QED) is 0.258. The number of guanidine groups is 2. The molecule has 0 aromatic rings. The fourth-order valence-electron chi connectivity index (χ4n) is 1.10. The number of carboxylic acid groups (broad SMARTS) is 2. The number of morpholine rings is 1. The van der Waals surface area contributed by atoms with Crippen LogP contribution in [0.15, 0.2) is 17.1 Å². The lowest BCUT2D eigenvalue weighted by Gasteiger charge is -2.26. The summed E-state index contributed by atoms with van der Waals surface area (Å²) in [4.78, 5) is 24.2. The highest BCUT2D eigenvalue weighted by Gasteiger charge is 2.12. The molecule has 20 heavy (non-hydrogen) atoms. The van der Waals surface area contributed by atoms with Gasteiger partial charge in [0.1, 0.15) is 0 Å². The van der Waals surface area contributed by atoms with Crippen LogP contribution in [0.25, 0.3) is 0 Å². The van der Waals surface area contributed by atoms with Crippen molar-refractivity contribution in [2.75, 3.05) is 26.3 Å². The second-order valence-corrected chi connectivity index (χ2v) is 3.43. The molecule has 1 fully saturated rings. The van der Waals surface area contributed by atoms with E-state index in [0.29, 0.717) is 38.5 Å². The average Bonchev–Trinajstić information content (AvgIpc) is 2.37. The molecule has 0 aromatic heterocycles. The van der Waals surface area contributed by atoms with Crippen molar-refractivity contribution in [3.63, 3.8) is 0 Å². The number of nitrogens with two attached hydrogens (primary N) is 2. The Bertz CT molecular complexity index is 394. The van der Waals surface area contributed by atoms with Crippen LogP contribution in [-0.2, 0) is 14.3 Å². The molecule has 0 spiro atoms. The van der Waals surface area contributed by atoms with Crippen LogP contribution in [0.2, 0.25) is 0 Å². The van der Waals surface area contributed by atoms with Crippen molar-refractivity contribution >= 4 is 23.9 Å².